The topological polar surface area (TPSA) is 76.0 Å². The number of hydrogen-bond acceptors (Lipinski definition) is 5. The Balaban J connectivity index is 1.31. The summed E-state index contributed by atoms with van der Waals surface area (Å²) in [5, 5.41) is 23.0. The Hall–Kier alpha value is -0.650. The number of rotatable bonds is 3. The van der Waals surface area contributed by atoms with Crippen LogP contribution in [0.5, 0.6) is 0 Å². The van der Waals surface area contributed by atoms with Gasteiger partial charge in [-0.3, -0.25) is 4.79 Å². The molecule has 5 saturated carbocycles. The standard InChI is InChI=1S/C30H48O5/c1-17-15-18(7-10-22(32)34-6)35-24-23(17)27(4)13-14-30-16-29(30)12-11-21(31)26(2,3)19(29)8-9-20(30)28(27,5)25(24)33/h17-21,23-25,31,33H,7-16H2,1-6H3/t17-,18+,19+,20+,21?,23?,24+,25+,27-,28-,29?,30+/m1/s1. The Morgan fingerprint density at radius 2 is 1.69 bits per heavy atom. The summed E-state index contributed by atoms with van der Waals surface area (Å²) < 4.78 is 11.6. The summed E-state index contributed by atoms with van der Waals surface area (Å²) in [6, 6.07) is 0. The minimum Gasteiger partial charge on any atom is -0.469 e. The molecule has 12 atom stereocenters. The normalized spacial score (nSPS) is 57.7. The van der Waals surface area contributed by atoms with Gasteiger partial charge in [0.2, 0.25) is 0 Å². The molecule has 5 aliphatic carbocycles. The van der Waals surface area contributed by atoms with E-state index in [4.69, 9.17) is 9.47 Å². The molecule has 0 aromatic rings. The van der Waals surface area contributed by atoms with Gasteiger partial charge in [0.25, 0.3) is 0 Å². The number of methoxy groups -OCH3 is 1. The van der Waals surface area contributed by atoms with E-state index in [0.717, 1.165) is 19.3 Å². The Morgan fingerprint density at radius 1 is 1.00 bits per heavy atom. The van der Waals surface area contributed by atoms with Crippen LogP contribution in [-0.4, -0.2) is 47.7 Å². The van der Waals surface area contributed by atoms with Crippen molar-refractivity contribution in [1.29, 1.82) is 0 Å². The first kappa shape index (κ1) is 24.7. The molecule has 3 unspecified atom stereocenters. The zero-order valence-corrected chi connectivity index (χ0v) is 22.8. The number of fused-ring (bicyclic) bond motifs is 4. The van der Waals surface area contributed by atoms with E-state index in [2.05, 4.69) is 34.6 Å². The lowest BCUT2D eigenvalue weighted by molar-refractivity contribution is -0.182. The van der Waals surface area contributed by atoms with Gasteiger partial charge >= 0.3 is 5.97 Å². The average molecular weight is 489 g/mol. The maximum atomic E-state index is 12.2. The fourth-order valence-electron chi connectivity index (χ4n) is 12.0. The molecular formula is C30H48O5. The molecule has 5 heteroatoms. The summed E-state index contributed by atoms with van der Waals surface area (Å²) >= 11 is 0. The van der Waals surface area contributed by atoms with E-state index in [1.165, 1.54) is 39.2 Å². The SMILES string of the molecule is COC(=O)CC[C@H]1C[C@@H](C)C2[C@H](O1)[C@H](O)[C@@]1(C)[C@@H]3CC[C@H]4C(C)(C)C(O)CCC45C[C@@]35CC[C@]21C. The van der Waals surface area contributed by atoms with Gasteiger partial charge in [0.1, 0.15) is 0 Å². The minimum atomic E-state index is -0.459. The molecule has 35 heavy (non-hydrogen) atoms. The molecule has 2 N–H and O–H groups in total. The number of hydrogen-bond donors (Lipinski definition) is 2. The Morgan fingerprint density at radius 3 is 2.40 bits per heavy atom. The van der Waals surface area contributed by atoms with Crippen LogP contribution in [0.25, 0.3) is 0 Å². The number of carbonyl (C=O) groups excluding carboxylic acids is 1. The van der Waals surface area contributed by atoms with Crippen LogP contribution in [0.3, 0.4) is 0 Å². The molecule has 1 saturated heterocycles. The van der Waals surface area contributed by atoms with E-state index < -0.39 is 6.10 Å². The third-order valence-electron chi connectivity index (χ3n) is 13.8. The van der Waals surface area contributed by atoms with Gasteiger partial charge in [0, 0.05) is 11.8 Å². The molecule has 0 aromatic carbocycles. The van der Waals surface area contributed by atoms with Gasteiger partial charge in [-0.1, -0.05) is 34.6 Å². The monoisotopic (exact) mass is 488 g/mol. The lowest BCUT2D eigenvalue weighted by Gasteiger charge is -2.63. The van der Waals surface area contributed by atoms with Crippen molar-refractivity contribution < 1.29 is 24.5 Å². The molecular weight excluding hydrogens is 440 g/mol. The Bertz CT molecular complexity index is 901. The van der Waals surface area contributed by atoms with Crippen molar-refractivity contribution in [3.8, 4) is 0 Å². The second kappa shape index (κ2) is 7.47. The molecule has 2 spiro atoms. The van der Waals surface area contributed by atoms with Crippen LogP contribution in [0.4, 0.5) is 0 Å². The van der Waals surface area contributed by atoms with Crippen molar-refractivity contribution in [3.63, 3.8) is 0 Å². The van der Waals surface area contributed by atoms with Crippen molar-refractivity contribution in [1.82, 2.24) is 0 Å². The largest absolute Gasteiger partial charge is 0.469 e. The van der Waals surface area contributed by atoms with E-state index in [0.29, 0.717) is 47.3 Å². The summed E-state index contributed by atoms with van der Waals surface area (Å²) in [6.45, 7) is 11.9. The number of carbonyl (C=O) groups is 1. The van der Waals surface area contributed by atoms with Crippen LogP contribution in [0, 0.1) is 50.7 Å². The molecule has 0 amide bonds. The van der Waals surface area contributed by atoms with E-state index in [1.807, 2.05) is 0 Å². The first-order valence-corrected chi connectivity index (χ1v) is 14.5. The maximum absolute atomic E-state index is 12.2. The fourth-order valence-corrected chi connectivity index (χ4v) is 12.0. The summed E-state index contributed by atoms with van der Waals surface area (Å²) in [4.78, 5) is 11.8. The van der Waals surface area contributed by atoms with Crippen LogP contribution >= 0.6 is 0 Å². The number of ether oxygens (including phenoxy) is 2. The second-order valence-corrected chi connectivity index (χ2v) is 14.8. The van der Waals surface area contributed by atoms with Crippen molar-refractivity contribution in [2.75, 3.05) is 7.11 Å². The highest BCUT2D eigenvalue weighted by Crippen LogP contribution is 2.89. The zero-order valence-electron chi connectivity index (χ0n) is 22.8. The highest BCUT2D eigenvalue weighted by atomic mass is 16.5. The Labute approximate surface area is 211 Å². The van der Waals surface area contributed by atoms with E-state index >= 15 is 0 Å². The van der Waals surface area contributed by atoms with Crippen LogP contribution in [-0.2, 0) is 14.3 Å². The molecule has 1 heterocycles. The van der Waals surface area contributed by atoms with Crippen molar-refractivity contribution in [3.05, 3.63) is 0 Å². The quantitative estimate of drug-likeness (QED) is 0.540. The fraction of sp³-hybridized carbons (Fsp3) is 0.967. The van der Waals surface area contributed by atoms with Crippen molar-refractivity contribution in [2.24, 2.45) is 50.7 Å². The van der Waals surface area contributed by atoms with Crippen LogP contribution in [0.2, 0.25) is 0 Å². The van der Waals surface area contributed by atoms with E-state index in [9.17, 15) is 15.0 Å². The zero-order chi connectivity index (χ0) is 25.2. The molecule has 0 radical (unpaired) electrons. The van der Waals surface area contributed by atoms with Crippen LogP contribution < -0.4 is 0 Å². The summed E-state index contributed by atoms with van der Waals surface area (Å²) in [6.07, 6.45) is 9.47. The molecule has 6 rings (SSSR count). The third-order valence-corrected chi connectivity index (χ3v) is 13.8. The first-order chi connectivity index (χ1) is 16.4. The van der Waals surface area contributed by atoms with E-state index in [1.54, 1.807) is 0 Å². The minimum absolute atomic E-state index is 0.0128. The first-order valence-electron chi connectivity index (χ1n) is 14.5. The van der Waals surface area contributed by atoms with Gasteiger partial charge in [-0.15, -0.1) is 0 Å². The average Bonchev–Trinajstić information content (AvgIpc) is 3.45. The maximum Gasteiger partial charge on any atom is 0.305 e. The number of esters is 1. The lowest BCUT2D eigenvalue weighted by atomic mass is 9.41. The molecule has 0 bridgehead atoms. The molecule has 0 aromatic heterocycles. The summed E-state index contributed by atoms with van der Waals surface area (Å²) in [7, 11) is 1.44. The smallest absolute Gasteiger partial charge is 0.305 e. The second-order valence-electron chi connectivity index (χ2n) is 14.8. The third kappa shape index (κ3) is 2.79. The highest BCUT2D eigenvalue weighted by Gasteiger charge is 2.84. The van der Waals surface area contributed by atoms with E-state index in [-0.39, 0.29) is 40.5 Å². The van der Waals surface area contributed by atoms with Gasteiger partial charge < -0.3 is 19.7 Å². The highest BCUT2D eigenvalue weighted by molar-refractivity contribution is 5.69. The van der Waals surface area contributed by atoms with Crippen LogP contribution in [0.1, 0.15) is 98.8 Å². The predicted octanol–water partition coefficient (Wildman–Crippen LogP) is 5.11. The predicted molar refractivity (Wildman–Crippen MR) is 133 cm³/mol. The Kier molecular flexibility index (Phi) is 5.27. The lowest BCUT2D eigenvalue weighted by Crippen LogP contribution is -2.59. The van der Waals surface area contributed by atoms with Gasteiger partial charge in [-0.2, -0.15) is 0 Å². The van der Waals surface area contributed by atoms with Gasteiger partial charge in [-0.05, 0) is 103 Å². The van der Waals surface area contributed by atoms with Crippen molar-refractivity contribution in [2.45, 2.75) is 123 Å². The van der Waals surface area contributed by atoms with Crippen molar-refractivity contribution >= 4 is 5.97 Å². The van der Waals surface area contributed by atoms with Crippen LogP contribution in [0.15, 0.2) is 0 Å². The molecule has 6 fully saturated rings. The molecule has 1 aliphatic heterocycles. The number of aliphatic hydroxyl groups excluding tert-OH is 2. The summed E-state index contributed by atoms with van der Waals surface area (Å²) in [5.74, 6) is 1.79. The van der Waals surface area contributed by atoms with Gasteiger partial charge in [-0.25, -0.2) is 0 Å². The molecule has 5 nitrogen and oxygen atoms in total. The van der Waals surface area contributed by atoms with Gasteiger partial charge in [0.05, 0.1) is 31.5 Å². The summed E-state index contributed by atoms with van der Waals surface area (Å²) in [5.41, 5.74) is 0.609. The van der Waals surface area contributed by atoms with Gasteiger partial charge in [0.15, 0.2) is 0 Å². The molecule has 6 aliphatic rings. The number of aliphatic hydroxyl groups is 2. The molecule has 198 valence electrons.